The van der Waals surface area contributed by atoms with Gasteiger partial charge >= 0.3 is 0 Å². The second-order valence-corrected chi connectivity index (χ2v) is 9.64. The lowest BCUT2D eigenvalue weighted by Gasteiger charge is -2.16. The fourth-order valence-corrected chi connectivity index (χ4v) is 5.33. The molecule has 0 atom stereocenters. The van der Waals surface area contributed by atoms with Gasteiger partial charge in [0.25, 0.3) is 11.8 Å². The molecular weight excluding hydrogens is 492 g/mol. The van der Waals surface area contributed by atoms with Crippen LogP contribution in [0.3, 0.4) is 0 Å². The Morgan fingerprint density at radius 1 is 1.10 bits per heavy atom. The van der Waals surface area contributed by atoms with Crippen molar-refractivity contribution in [3.63, 3.8) is 0 Å². The summed E-state index contributed by atoms with van der Waals surface area (Å²) < 4.78 is 1.28. The minimum absolute atomic E-state index is 0.154. The van der Waals surface area contributed by atoms with E-state index in [2.05, 4.69) is 15.9 Å². The molecular formula is C21H16BrClN2O2S2. The minimum atomic E-state index is -0.257. The van der Waals surface area contributed by atoms with E-state index in [0.29, 0.717) is 26.4 Å². The zero-order chi connectivity index (χ0) is 20.7. The Kier molecular flexibility index (Phi) is 5.84. The summed E-state index contributed by atoms with van der Waals surface area (Å²) in [6.45, 7) is 2.89. The Balaban J connectivity index is 1.77. The van der Waals surface area contributed by atoms with Crippen molar-refractivity contribution < 1.29 is 9.59 Å². The average Bonchev–Trinajstić information content (AvgIpc) is 3.11. The fourth-order valence-electron chi connectivity index (χ4n) is 3.45. The first-order chi connectivity index (χ1) is 13.9. The van der Waals surface area contributed by atoms with Gasteiger partial charge in [-0.25, -0.2) is 0 Å². The van der Waals surface area contributed by atoms with Gasteiger partial charge in [-0.3, -0.25) is 14.5 Å². The smallest absolute Gasteiger partial charge is 0.267 e. The first-order valence-corrected chi connectivity index (χ1v) is 11.4. The van der Waals surface area contributed by atoms with Crippen LogP contribution in [0.4, 0.5) is 5.69 Å². The van der Waals surface area contributed by atoms with Crippen molar-refractivity contribution in [3.8, 4) is 0 Å². The molecule has 0 radical (unpaired) electrons. The topological polar surface area (TPSA) is 40.6 Å². The molecule has 29 heavy (non-hydrogen) atoms. The molecule has 2 aliphatic heterocycles. The van der Waals surface area contributed by atoms with Crippen LogP contribution in [0.25, 0.3) is 5.57 Å². The third-order valence-corrected chi connectivity index (χ3v) is 7.10. The lowest BCUT2D eigenvalue weighted by Crippen LogP contribution is -2.29. The number of nitrogens with zero attached hydrogens (tertiary/aromatic N) is 2. The molecule has 2 aliphatic rings. The number of anilines is 1. The summed E-state index contributed by atoms with van der Waals surface area (Å²) in [7, 11) is 0. The second-order valence-electron chi connectivity index (χ2n) is 6.67. The average molecular weight is 508 g/mol. The number of hydrogen-bond donors (Lipinski definition) is 0. The van der Waals surface area contributed by atoms with E-state index in [0.717, 1.165) is 27.7 Å². The van der Waals surface area contributed by atoms with Crippen molar-refractivity contribution in [2.24, 2.45) is 0 Å². The number of fused-ring (bicyclic) bond motifs is 1. The summed E-state index contributed by atoms with van der Waals surface area (Å²) in [4.78, 5) is 30.1. The zero-order valence-corrected chi connectivity index (χ0v) is 19.4. The fraction of sp³-hybridized carbons (Fsp3) is 0.190. The highest BCUT2D eigenvalue weighted by Crippen LogP contribution is 2.45. The number of thiocarbonyl (C=S) groups is 1. The summed E-state index contributed by atoms with van der Waals surface area (Å²) in [5, 5.41) is 0.578. The number of benzene rings is 2. The van der Waals surface area contributed by atoms with Crippen LogP contribution in [0.15, 0.2) is 51.8 Å². The summed E-state index contributed by atoms with van der Waals surface area (Å²) in [5.74, 6) is -0.411. The number of hydrogen-bond acceptors (Lipinski definition) is 4. The Hall–Kier alpha value is -1.67. The molecule has 2 aromatic rings. The Morgan fingerprint density at radius 3 is 2.59 bits per heavy atom. The highest BCUT2D eigenvalue weighted by Gasteiger charge is 2.42. The molecule has 0 spiro atoms. The van der Waals surface area contributed by atoms with Crippen LogP contribution in [-0.2, 0) is 16.1 Å². The van der Waals surface area contributed by atoms with Gasteiger partial charge in [-0.05, 0) is 36.2 Å². The highest BCUT2D eigenvalue weighted by molar-refractivity contribution is 9.10. The summed E-state index contributed by atoms with van der Waals surface area (Å²) in [6, 6.07) is 13.1. The molecule has 0 aromatic heterocycles. The van der Waals surface area contributed by atoms with Gasteiger partial charge in [0, 0.05) is 21.6 Å². The molecule has 2 aromatic carbocycles. The molecule has 0 unspecified atom stereocenters. The van der Waals surface area contributed by atoms with Gasteiger partial charge in [-0.15, -0.1) is 0 Å². The molecule has 4 rings (SSSR count). The summed E-state index contributed by atoms with van der Waals surface area (Å²) >= 11 is 16.4. The maximum absolute atomic E-state index is 13.3. The number of rotatable bonds is 4. The Morgan fingerprint density at radius 2 is 1.86 bits per heavy atom. The Bertz CT molecular complexity index is 1090. The van der Waals surface area contributed by atoms with Crippen molar-refractivity contribution in [2.45, 2.75) is 19.9 Å². The molecule has 1 saturated heterocycles. The third kappa shape index (κ3) is 3.65. The zero-order valence-electron chi connectivity index (χ0n) is 15.4. The van der Waals surface area contributed by atoms with Gasteiger partial charge in [-0.1, -0.05) is 76.6 Å². The first kappa shape index (κ1) is 20.6. The first-order valence-electron chi connectivity index (χ1n) is 9.05. The predicted molar refractivity (Wildman–Crippen MR) is 126 cm³/mol. The van der Waals surface area contributed by atoms with E-state index in [4.69, 9.17) is 23.8 Å². The van der Waals surface area contributed by atoms with Crippen LogP contribution < -0.4 is 4.90 Å². The molecule has 1 fully saturated rings. The maximum Gasteiger partial charge on any atom is 0.267 e. The molecule has 2 amide bonds. The normalized spacial score (nSPS) is 18.8. The largest absolute Gasteiger partial charge is 0.308 e. The second kappa shape index (κ2) is 8.22. The van der Waals surface area contributed by atoms with E-state index in [-0.39, 0.29) is 18.4 Å². The summed E-state index contributed by atoms with van der Waals surface area (Å²) in [6.07, 6.45) is 0.821. The van der Waals surface area contributed by atoms with Gasteiger partial charge in [0.1, 0.15) is 4.32 Å². The quantitative estimate of drug-likeness (QED) is 0.397. The predicted octanol–water partition coefficient (Wildman–Crippen LogP) is 5.63. The van der Waals surface area contributed by atoms with Crippen molar-refractivity contribution in [1.82, 2.24) is 4.90 Å². The SMILES string of the molecule is CCCN1C(=O)C(=C2SC(=S)N(Cc3ccccc3Cl)C2=O)c2cc(Br)ccc21. The van der Waals surface area contributed by atoms with Gasteiger partial charge in [0.2, 0.25) is 0 Å². The van der Waals surface area contributed by atoms with E-state index >= 15 is 0 Å². The van der Waals surface area contributed by atoms with Gasteiger partial charge < -0.3 is 4.90 Å². The molecule has 0 N–H and O–H groups in total. The van der Waals surface area contributed by atoms with Crippen molar-refractivity contribution in [1.29, 1.82) is 0 Å². The minimum Gasteiger partial charge on any atom is -0.308 e. The molecule has 8 heteroatoms. The van der Waals surface area contributed by atoms with E-state index < -0.39 is 0 Å². The van der Waals surface area contributed by atoms with Crippen LogP contribution in [0.1, 0.15) is 24.5 Å². The molecule has 148 valence electrons. The Labute approximate surface area is 192 Å². The van der Waals surface area contributed by atoms with Crippen LogP contribution in [0, 0.1) is 0 Å². The van der Waals surface area contributed by atoms with Crippen LogP contribution in [0.5, 0.6) is 0 Å². The number of thioether (sulfide) groups is 1. The lowest BCUT2D eigenvalue weighted by atomic mass is 10.1. The third-order valence-electron chi connectivity index (χ3n) is 4.79. The van der Waals surface area contributed by atoms with Gasteiger partial charge in [-0.2, -0.15) is 0 Å². The number of halogens is 2. The summed E-state index contributed by atoms with van der Waals surface area (Å²) in [5.41, 5.74) is 2.82. The molecule has 0 aliphatic carbocycles. The van der Waals surface area contributed by atoms with Crippen LogP contribution in [0.2, 0.25) is 5.02 Å². The monoisotopic (exact) mass is 506 g/mol. The van der Waals surface area contributed by atoms with E-state index in [1.54, 1.807) is 11.0 Å². The van der Waals surface area contributed by atoms with Gasteiger partial charge in [0.05, 0.1) is 22.7 Å². The maximum atomic E-state index is 13.3. The van der Waals surface area contributed by atoms with Crippen LogP contribution in [-0.4, -0.2) is 27.6 Å². The molecule has 0 bridgehead atoms. The molecule has 4 nitrogen and oxygen atoms in total. The number of carbonyl (C=O) groups is 2. The lowest BCUT2D eigenvalue weighted by molar-refractivity contribution is -0.122. The van der Waals surface area contributed by atoms with Crippen molar-refractivity contribution in [3.05, 3.63) is 68.0 Å². The standard InChI is InChI=1S/C21H16BrClN2O2S2/c1-2-9-24-16-8-7-13(22)10-14(16)17(19(24)26)18-20(27)25(21(28)29-18)11-12-5-3-4-6-15(12)23/h3-8,10H,2,9,11H2,1H3. The molecule has 0 saturated carbocycles. The van der Waals surface area contributed by atoms with Gasteiger partial charge in [0.15, 0.2) is 0 Å². The van der Waals surface area contributed by atoms with E-state index in [9.17, 15) is 9.59 Å². The van der Waals surface area contributed by atoms with E-state index in [1.165, 1.54) is 16.7 Å². The number of amides is 2. The van der Waals surface area contributed by atoms with Crippen molar-refractivity contribution >= 4 is 78.9 Å². The highest BCUT2D eigenvalue weighted by atomic mass is 79.9. The van der Waals surface area contributed by atoms with Crippen molar-refractivity contribution in [2.75, 3.05) is 11.4 Å². The number of carbonyl (C=O) groups excluding carboxylic acids is 2. The molecule has 2 heterocycles. The van der Waals surface area contributed by atoms with Crippen LogP contribution >= 0.6 is 51.5 Å². The van der Waals surface area contributed by atoms with E-state index in [1.807, 2.05) is 43.3 Å².